The lowest BCUT2D eigenvalue weighted by atomic mass is 10.0. The standard InChI is InChI=1S/C20H29N3O2/c21-20(25)19(17-8-2-1-3-9-17)23-14-12-22(13-15-23)18(24)11-10-16-6-4-5-7-16/h1-3,8-9,16,19H,4-7,10-15H2,(H2,21,25). The number of rotatable bonds is 6. The van der Waals surface area contributed by atoms with Crippen LogP contribution >= 0.6 is 0 Å². The molecule has 2 aliphatic rings. The van der Waals surface area contributed by atoms with Crippen LogP contribution in [0.5, 0.6) is 0 Å². The summed E-state index contributed by atoms with van der Waals surface area (Å²) in [6.07, 6.45) is 6.93. The molecule has 1 saturated carbocycles. The van der Waals surface area contributed by atoms with E-state index in [1.54, 1.807) is 0 Å². The molecule has 25 heavy (non-hydrogen) atoms. The number of nitrogens with zero attached hydrogens (tertiary/aromatic N) is 2. The summed E-state index contributed by atoms with van der Waals surface area (Å²) in [7, 11) is 0. The van der Waals surface area contributed by atoms with Crippen molar-refractivity contribution in [3.8, 4) is 0 Å². The summed E-state index contributed by atoms with van der Waals surface area (Å²) < 4.78 is 0. The molecule has 0 bridgehead atoms. The highest BCUT2D eigenvalue weighted by Crippen LogP contribution is 2.29. The van der Waals surface area contributed by atoms with Crippen LogP contribution in [0.15, 0.2) is 30.3 Å². The normalized spacial score (nSPS) is 20.6. The Kier molecular flexibility index (Phi) is 6.08. The molecule has 1 aliphatic carbocycles. The van der Waals surface area contributed by atoms with Crippen molar-refractivity contribution in [2.75, 3.05) is 26.2 Å². The molecular weight excluding hydrogens is 314 g/mol. The zero-order valence-corrected chi connectivity index (χ0v) is 14.9. The highest BCUT2D eigenvalue weighted by Gasteiger charge is 2.30. The number of primary amides is 1. The quantitative estimate of drug-likeness (QED) is 0.862. The van der Waals surface area contributed by atoms with Gasteiger partial charge in [0.15, 0.2) is 0 Å². The molecule has 3 rings (SSSR count). The van der Waals surface area contributed by atoms with Crippen LogP contribution in [-0.4, -0.2) is 47.8 Å². The number of carbonyl (C=O) groups is 2. The minimum Gasteiger partial charge on any atom is -0.368 e. The third-order valence-electron chi connectivity index (χ3n) is 5.66. The van der Waals surface area contributed by atoms with Crippen molar-refractivity contribution in [2.24, 2.45) is 11.7 Å². The molecule has 5 heteroatoms. The maximum Gasteiger partial charge on any atom is 0.239 e. The van der Waals surface area contributed by atoms with Crippen LogP contribution in [0.25, 0.3) is 0 Å². The third kappa shape index (κ3) is 4.60. The Bertz CT molecular complexity index is 576. The van der Waals surface area contributed by atoms with Gasteiger partial charge >= 0.3 is 0 Å². The van der Waals surface area contributed by atoms with E-state index in [1.807, 2.05) is 35.2 Å². The van der Waals surface area contributed by atoms with Gasteiger partial charge in [-0.1, -0.05) is 56.0 Å². The van der Waals surface area contributed by atoms with Gasteiger partial charge in [-0.15, -0.1) is 0 Å². The molecule has 1 heterocycles. The Morgan fingerprint density at radius 1 is 1.04 bits per heavy atom. The lowest BCUT2D eigenvalue weighted by molar-refractivity contribution is -0.134. The van der Waals surface area contributed by atoms with Gasteiger partial charge in [0.1, 0.15) is 6.04 Å². The van der Waals surface area contributed by atoms with Gasteiger partial charge in [0, 0.05) is 32.6 Å². The number of hydrogen-bond donors (Lipinski definition) is 1. The van der Waals surface area contributed by atoms with Crippen LogP contribution in [0, 0.1) is 5.92 Å². The van der Waals surface area contributed by atoms with E-state index in [-0.39, 0.29) is 11.8 Å². The van der Waals surface area contributed by atoms with Gasteiger partial charge in [-0.05, 0) is 17.9 Å². The van der Waals surface area contributed by atoms with Crippen LogP contribution in [-0.2, 0) is 9.59 Å². The predicted molar refractivity (Wildman–Crippen MR) is 97.7 cm³/mol. The third-order valence-corrected chi connectivity index (χ3v) is 5.66. The second kappa shape index (κ2) is 8.48. The SMILES string of the molecule is NC(=O)C(c1ccccc1)N1CCN(C(=O)CCC2CCCC2)CC1. The zero-order chi connectivity index (χ0) is 17.6. The summed E-state index contributed by atoms with van der Waals surface area (Å²) >= 11 is 0. The maximum atomic E-state index is 12.5. The molecule has 0 spiro atoms. The molecule has 2 N–H and O–H groups in total. The van der Waals surface area contributed by atoms with E-state index >= 15 is 0 Å². The summed E-state index contributed by atoms with van der Waals surface area (Å²) in [5.41, 5.74) is 6.58. The number of nitrogens with two attached hydrogens (primary N) is 1. The van der Waals surface area contributed by atoms with Crippen molar-refractivity contribution >= 4 is 11.8 Å². The van der Waals surface area contributed by atoms with Gasteiger partial charge in [0.25, 0.3) is 0 Å². The van der Waals surface area contributed by atoms with Crippen molar-refractivity contribution < 1.29 is 9.59 Å². The van der Waals surface area contributed by atoms with E-state index in [9.17, 15) is 9.59 Å². The van der Waals surface area contributed by atoms with Crippen LogP contribution in [0.3, 0.4) is 0 Å². The molecule has 1 saturated heterocycles. The second-order valence-corrected chi connectivity index (χ2v) is 7.32. The van der Waals surface area contributed by atoms with Gasteiger partial charge < -0.3 is 10.6 Å². The molecule has 5 nitrogen and oxygen atoms in total. The van der Waals surface area contributed by atoms with Crippen LogP contribution in [0.1, 0.15) is 50.1 Å². The Balaban J connectivity index is 1.51. The molecule has 1 aromatic rings. The topological polar surface area (TPSA) is 66.6 Å². The summed E-state index contributed by atoms with van der Waals surface area (Å²) in [4.78, 5) is 28.5. The average molecular weight is 343 g/mol. The van der Waals surface area contributed by atoms with Gasteiger partial charge in [0.2, 0.25) is 11.8 Å². The molecule has 1 aromatic carbocycles. The first-order chi connectivity index (χ1) is 12.1. The summed E-state index contributed by atoms with van der Waals surface area (Å²) in [6.45, 7) is 2.75. The van der Waals surface area contributed by atoms with E-state index < -0.39 is 6.04 Å². The largest absolute Gasteiger partial charge is 0.368 e. The Labute approximate surface area is 150 Å². The van der Waals surface area contributed by atoms with Gasteiger partial charge in [0.05, 0.1) is 0 Å². The number of amides is 2. The first-order valence-corrected chi connectivity index (χ1v) is 9.51. The lowest BCUT2D eigenvalue weighted by Gasteiger charge is -2.38. The highest BCUT2D eigenvalue weighted by atomic mass is 16.2. The summed E-state index contributed by atoms with van der Waals surface area (Å²) in [5.74, 6) is 0.691. The molecule has 0 aromatic heterocycles. The van der Waals surface area contributed by atoms with Crippen LogP contribution in [0.2, 0.25) is 0 Å². The first-order valence-electron chi connectivity index (χ1n) is 9.51. The fourth-order valence-corrected chi connectivity index (χ4v) is 4.20. The monoisotopic (exact) mass is 343 g/mol. The zero-order valence-electron chi connectivity index (χ0n) is 14.9. The summed E-state index contributed by atoms with van der Waals surface area (Å²) in [6, 6.07) is 9.25. The second-order valence-electron chi connectivity index (χ2n) is 7.32. The Morgan fingerprint density at radius 3 is 2.28 bits per heavy atom. The minimum atomic E-state index is -0.406. The predicted octanol–water partition coefficient (Wildman–Crippen LogP) is 2.33. The Morgan fingerprint density at radius 2 is 1.68 bits per heavy atom. The van der Waals surface area contributed by atoms with Crippen molar-refractivity contribution in [1.82, 2.24) is 9.80 Å². The van der Waals surface area contributed by atoms with Crippen molar-refractivity contribution in [1.29, 1.82) is 0 Å². The van der Waals surface area contributed by atoms with Gasteiger partial charge in [-0.25, -0.2) is 0 Å². The molecule has 2 fully saturated rings. The average Bonchev–Trinajstić information content (AvgIpc) is 3.15. The smallest absolute Gasteiger partial charge is 0.239 e. The van der Waals surface area contributed by atoms with Gasteiger partial charge in [-0.2, -0.15) is 0 Å². The van der Waals surface area contributed by atoms with E-state index in [0.29, 0.717) is 32.6 Å². The Hall–Kier alpha value is -1.88. The number of hydrogen-bond acceptors (Lipinski definition) is 3. The fourth-order valence-electron chi connectivity index (χ4n) is 4.20. The molecule has 1 aliphatic heterocycles. The summed E-state index contributed by atoms with van der Waals surface area (Å²) in [5, 5.41) is 0. The molecule has 2 amide bonds. The molecule has 1 atom stereocenters. The van der Waals surface area contributed by atoms with E-state index in [0.717, 1.165) is 17.9 Å². The number of carbonyl (C=O) groups excluding carboxylic acids is 2. The maximum absolute atomic E-state index is 12.5. The molecule has 1 unspecified atom stereocenters. The highest BCUT2D eigenvalue weighted by molar-refractivity contribution is 5.81. The minimum absolute atomic E-state index is 0.266. The lowest BCUT2D eigenvalue weighted by Crippen LogP contribution is -2.51. The number of piperazine rings is 1. The van der Waals surface area contributed by atoms with E-state index in [1.165, 1.54) is 25.7 Å². The van der Waals surface area contributed by atoms with Crippen molar-refractivity contribution in [3.05, 3.63) is 35.9 Å². The van der Waals surface area contributed by atoms with Crippen LogP contribution < -0.4 is 5.73 Å². The fraction of sp³-hybridized carbons (Fsp3) is 0.600. The number of benzene rings is 1. The molecule has 0 radical (unpaired) electrons. The first kappa shape index (κ1) is 17.9. The van der Waals surface area contributed by atoms with Crippen molar-refractivity contribution in [3.63, 3.8) is 0 Å². The van der Waals surface area contributed by atoms with Gasteiger partial charge in [-0.3, -0.25) is 14.5 Å². The molecular formula is C20H29N3O2. The van der Waals surface area contributed by atoms with Crippen LogP contribution in [0.4, 0.5) is 0 Å². The molecule has 136 valence electrons. The van der Waals surface area contributed by atoms with Crippen molar-refractivity contribution in [2.45, 2.75) is 44.6 Å². The van der Waals surface area contributed by atoms with E-state index in [2.05, 4.69) is 4.90 Å². The van der Waals surface area contributed by atoms with E-state index in [4.69, 9.17) is 5.73 Å².